The number of anilines is 1. The molecule has 0 amide bonds. The number of carboxylic acids is 2. The second-order valence-electron chi connectivity index (χ2n) is 7.90. The third-order valence-corrected chi connectivity index (χ3v) is 5.10. The third-order valence-electron chi connectivity index (χ3n) is 5.10. The molecular weight excluding hydrogens is 554 g/mol. The maximum Gasteiger partial charge on any atom is 0.490 e. The van der Waals surface area contributed by atoms with Gasteiger partial charge in [0.25, 0.3) is 0 Å². The number of halogens is 6. The number of rotatable bonds is 5. The molecule has 0 unspecified atom stereocenters. The van der Waals surface area contributed by atoms with Crippen LogP contribution in [0.15, 0.2) is 48.8 Å². The Labute approximate surface area is 223 Å². The maximum absolute atomic E-state index is 10.6. The van der Waals surface area contributed by atoms with Gasteiger partial charge in [-0.2, -0.15) is 31.4 Å². The molecule has 4 rings (SSSR count). The van der Waals surface area contributed by atoms with Crippen LogP contribution in [0.4, 0.5) is 32.3 Å². The number of aromatic nitrogens is 4. The quantitative estimate of drug-likeness (QED) is 0.385. The first-order valence-electron chi connectivity index (χ1n) is 11.2. The summed E-state index contributed by atoms with van der Waals surface area (Å²) in [5, 5.41) is 21.9. The highest BCUT2D eigenvalue weighted by atomic mass is 19.4. The molecule has 1 aliphatic heterocycles. The molecule has 1 saturated heterocycles. The summed E-state index contributed by atoms with van der Waals surface area (Å²) in [6, 6.07) is 11.9. The number of aliphatic carboxylic acids is 2. The zero-order valence-corrected chi connectivity index (χ0v) is 20.8. The van der Waals surface area contributed by atoms with E-state index in [2.05, 4.69) is 36.0 Å². The lowest BCUT2D eigenvalue weighted by Crippen LogP contribution is -2.46. The number of piperazine rings is 1. The van der Waals surface area contributed by atoms with Crippen LogP contribution in [-0.4, -0.2) is 92.9 Å². The van der Waals surface area contributed by atoms with Gasteiger partial charge in [0.05, 0.1) is 12.8 Å². The van der Waals surface area contributed by atoms with Crippen molar-refractivity contribution in [2.75, 3.05) is 38.2 Å². The minimum atomic E-state index is -5.08. The van der Waals surface area contributed by atoms with Crippen molar-refractivity contribution in [3.8, 4) is 17.0 Å². The Balaban J connectivity index is 0.000000333. The smallest absolute Gasteiger partial charge is 0.490 e. The fourth-order valence-corrected chi connectivity index (χ4v) is 3.24. The second-order valence-corrected chi connectivity index (χ2v) is 7.90. The Bertz CT molecular complexity index is 1210. The first-order chi connectivity index (χ1) is 18.7. The second kappa shape index (κ2) is 14.1. The largest absolute Gasteiger partial charge is 0.496 e. The number of nitrogens with one attached hydrogen (secondary N) is 1. The lowest BCUT2D eigenvalue weighted by molar-refractivity contribution is -0.193. The van der Waals surface area contributed by atoms with Crippen LogP contribution in [-0.2, 0) is 16.1 Å². The fourth-order valence-electron chi connectivity index (χ4n) is 3.24. The first-order valence-corrected chi connectivity index (χ1v) is 11.2. The van der Waals surface area contributed by atoms with Crippen LogP contribution in [0.2, 0.25) is 0 Å². The molecule has 40 heavy (non-hydrogen) atoms. The molecule has 3 N–H and O–H groups in total. The van der Waals surface area contributed by atoms with Gasteiger partial charge in [0.1, 0.15) is 5.75 Å². The number of carboxylic acid groups (broad SMARTS) is 2. The van der Waals surface area contributed by atoms with Crippen molar-refractivity contribution in [2.24, 2.45) is 0 Å². The van der Waals surface area contributed by atoms with Gasteiger partial charge in [-0.05, 0) is 24.3 Å². The number of hydrogen-bond acceptors (Lipinski definition) is 8. The highest BCUT2D eigenvalue weighted by Crippen LogP contribution is 2.28. The summed E-state index contributed by atoms with van der Waals surface area (Å²) in [5.74, 6) is -3.87. The minimum absolute atomic E-state index is 0.812. The SMILES string of the molecule is COc1ccccc1-c1cc(CN2CCN(c3ncccn3)CC2)[nH]n1.O=C(O)C(F)(F)F.O=C(O)C(F)(F)F. The molecule has 218 valence electrons. The van der Waals surface area contributed by atoms with E-state index in [1.807, 2.05) is 30.3 Å². The number of methoxy groups -OCH3 is 1. The highest BCUT2D eigenvalue weighted by Gasteiger charge is 2.38. The summed E-state index contributed by atoms with van der Waals surface area (Å²) in [5.41, 5.74) is 3.02. The number of H-pyrrole nitrogens is 1. The number of carbonyl (C=O) groups is 2. The van der Waals surface area contributed by atoms with Crippen molar-refractivity contribution < 1.29 is 50.9 Å². The van der Waals surface area contributed by atoms with E-state index in [4.69, 9.17) is 24.5 Å². The lowest BCUT2D eigenvalue weighted by Gasteiger charge is -2.34. The minimum Gasteiger partial charge on any atom is -0.496 e. The van der Waals surface area contributed by atoms with Gasteiger partial charge in [0.15, 0.2) is 0 Å². The summed E-state index contributed by atoms with van der Waals surface area (Å²) >= 11 is 0. The van der Waals surface area contributed by atoms with E-state index in [1.54, 1.807) is 19.5 Å². The van der Waals surface area contributed by atoms with Crippen LogP contribution in [0.25, 0.3) is 11.3 Å². The van der Waals surface area contributed by atoms with Gasteiger partial charge in [-0.25, -0.2) is 19.6 Å². The maximum atomic E-state index is 10.6. The van der Waals surface area contributed by atoms with E-state index in [0.29, 0.717) is 0 Å². The van der Waals surface area contributed by atoms with Gasteiger partial charge in [-0.15, -0.1) is 0 Å². The van der Waals surface area contributed by atoms with Crippen LogP contribution < -0.4 is 9.64 Å². The lowest BCUT2D eigenvalue weighted by atomic mass is 10.1. The Kier molecular flexibility index (Phi) is 11.2. The molecule has 1 aromatic carbocycles. The number of hydrogen-bond donors (Lipinski definition) is 3. The van der Waals surface area contributed by atoms with E-state index in [9.17, 15) is 26.3 Å². The predicted molar refractivity (Wildman–Crippen MR) is 127 cm³/mol. The zero-order chi connectivity index (χ0) is 29.9. The molecule has 1 fully saturated rings. The van der Waals surface area contributed by atoms with Crippen molar-refractivity contribution >= 4 is 17.9 Å². The van der Waals surface area contributed by atoms with Crippen LogP contribution in [0, 0.1) is 0 Å². The van der Waals surface area contributed by atoms with Gasteiger partial charge >= 0.3 is 24.3 Å². The Morgan fingerprint density at radius 3 is 1.95 bits per heavy atom. The highest BCUT2D eigenvalue weighted by molar-refractivity contribution is 5.73. The molecule has 11 nitrogen and oxygen atoms in total. The van der Waals surface area contributed by atoms with Crippen molar-refractivity contribution in [1.82, 2.24) is 25.1 Å². The van der Waals surface area contributed by atoms with E-state index in [1.165, 1.54) is 0 Å². The fraction of sp³-hybridized carbons (Fsp3) is 0.348. The molecule has 0 atom stereocenters. The van der Waals surface area contributed by atoms with E-state index in [0.717, 1.165) is 61.4 Å². The summed E-state index contributed by atoms with van der Waals surface area (Å²) in [6.07, 6.45) is -6.59. The summed E-state index contributed by atoms with van der Waals surface area (Å²) in [6.45, 7) is 4.66. The predicted octanol–water partition coefficient (Wildman–Crippen LogP) is 3.46. The van der Waals surface area contributed by atoms with Gasteiger partial charge in [0, 0.05) is 56.4 Å². The summed E-state index contributed by atoms with van der Waals surface area (Å²) in [7, 11) is 1.68. The average molecular weight is 578 g/mol. The molecule has 0 aliphatic carbocycles. The summed E-state index contributed by atoms with van der Waals surface area (Å²) in [4.78, 5) is 31.1. The van der Waals surface area contributed by atoms with Crippen molar-refractivity contribution in [1.29, 1.82) is 0 Å². The molecule has 17 heteroatoms. The number of aromatic amines is 1. The van der Waals surface area contributed by atoms with Crippen molar-refractivity contribution in [3.05, 3.63) is 54.5 Å². The normalized spacial score (nSPS) is 13.8. The first kappa shape index (κ1) is 31.8. The van der Waals surface area contributed by atoms with E-state index >= 15 is 0 Å². The van der Waals surface area contributed by atoms with Gasteiger partial charge < -0.3 is 19.8 Å². The molecule has 3 heterocycles. The van der Waals surface area contributed by atoms with E-state index < -0.39 is 24.3 Å². The van der Waals surface area contributed by atoms with Gasteiger partial charge in [-0.3, -0.25) is 10.00 Å². The van der Waals surface area contributed by atoms with Crippen LogP contribution in [0.5, 0.6) is 5.75 Å². The Hall–Kier alpha value is -4.41. The van der Waals surface area contributed by atoms with Crippen LogP contribution >= 0.6 is 0 Å². The number of para-hydroxylation sites is 1. The molecule has 1 aliphatic rings. The monoisotopic (exact) mass is 578 g/mol. The van der Waals surface area contributed by atoms with Crippen molar-refractivity contribution in [2.45, 2.75) is 18.9 Å². The number of benzene rings is 1. The number of nitrogens with zero attached hydrogens (tertiary/aromatic N) is 5. The van der Waals surface area contributed by atoms with Crippen molar-refractivity contribution in [3.63, 3.8) is 0 Å². The summed E-state index contributed by atoms with van der Waals surface area (Å²) < 4.78 is 68.9. The van der Waals surface area contributed by atoms with E-state index in [-0.39, 0.29) is 0 Å². The topological polar surface area (TPSA) is 145 Å². The number of ether oxygens (including phenoxy) is 1. The van der Waals surface area contributed by atoms with Crippen LogP contribution in [0.3, 0.4) is 0 Å². The molecule has 3 aromatic rings. The Morgan fingerprint density at radius 2 is 1.45 bits per heavy atom. The molecule has 0 spiro atoms. The van der Waals surface area contributed by atoms with Gasteiger partial charge in [0.2, 0.25) is 5.95 Å². The van der Waals surface area contributed by atoms with Crippen LogP contribution in [0.1, 0.15) is 5.69 Å². The average Bonchev–Trinajstić information content (AvgIpc) is 3.37. The molecule has 2 aromatic heterocycles. The molecule has 0 saturated carbocycles. The Morgan fingerprint density at radius 1 is 0.925 bits per heavy atom. The standard InChI is InChI=1S/C19H22N6O.2C2HF3O2/c1-26-18-6-3-2-5-16(18)17-13-15(22-23-17)14-24-9-11-25(12-10-24)19-20-7-4-8-21-19;2*3-2(4,5)1(6)7/h2-8,13H,9-12,14H2,1H3,(H,22,23);2*(H,6,7). The number of alkyl halides is 6. The molecule has 0 bridgehead atoms. The molecule has 0 radical (unpaired) electrons. The molecular formula is C23H24F6N6O5. The van der Waals surface area contributed by atoms with Gasteiger partial charge in [-0.1, -0.05) is 12.1 Å². The zero-order valence-electron chi connectivity index (χ0n) is 20.8. The third kappa shape index (κ3) is 10.0.